The van der Waals surface area contributed by atoms with Crippen LogP contribution in [0.15, 0.2) is 0 Å². The molecule has 2 heterocycles. The van der Waals surface area contributed by atoms with Gasteiger partial charge in [-0.05, 0) is 12.8 Å². The fraction of sp³-hybridized carbons (Fsp3) is 0.900. The lowest BCUT2D eigenvalue weighted by Gasteiger charge is -2.19. The van der Waals surface area contributed by atoms with Gasteiger partial charge in [0, 0.05) is 19.6 Å². The zero-order valence-electron chi connectivity index (χ0n) is 8.95. The Bertz CT molecular complexity index is 262. The molecule has 6 nitrogen and oxygen atoms in total. The lowest BCUT2D eigenvalue weighted by Crippen LogP contribution is -2.32. The van der Waals surface area contributed by atoms with Crippen LogP contribution in [0, 0.1) is 0 Å². The second-order valence-corrected chi connectivity index (χ2v) is 4.52. The predicted octanol–water partition coefficient (Wildman–Crippen LogP) is -1.34. The number of hydrogen-bond acceptors (Lipinski definition) is 5. The van der Waals surface area contributed by atoms with Crippen LogP contribution in [0.1, 0.15) is 12.8 Å². The van der Waals surface area contributed by atoms with E-state index < -0.39 is 24.3 Å². The summed E-state index contributed by atoms with van der Waals surface area (Å²) in [6, 6.07) is 0. The lowest BCUT2D eigenvalue weighted by atomic mass is 10.2. The quantitative estimate of drug-likeness (QED) is 0.557. The summed E-state index contributed by atoms with van der Waals surface area (Å²) < 4.78 is 5.35. The number of aliphatic hydroxyl groups excluding tert-OH is 2. The molecule has 2 saturated heterocycles. The number of aliphatic hydroxyl groups is 2. The molecule has 4 unspecified atom stereocenters. The van der Waals surface area contributed by atoms with Gasteiger partial charge in [-0.3, -0.25) is 4.90 Å². The van der Waals surface area contributed by atoms with Gasteiger partial charge in [0.15, 0.2) is 6.10 Å². The minimum atomic E-state index is -0.913. The van der Waals surface area contributed by atoms with E-state index in [1.807, 2.05) is 4.90 Å². The summed E-state index contributed by atoms with van der Waals surface area (Å²) in [5.74, 6) is -0.913. The van der Waals surface area contributed by atoms with Crippen LogP contribution in [-0.4, -0.2) is 70.2 Å². The smallest absolute Gasteiger partial charge is 0.332 e. The molecule has 0 bridgehead atoms. The van der Waals surface area contributed by atoms with Crippen molar-refractivity contribution in [1.29, 1.82) is 0 Å². The summed E-state index contributed by atoms with van der Waals surface area (Å²) in [5, 5.41) is 27.5. The average molecular weight is 231 g/mol. The topological polar surface area (TPSA) is 90.2 Å². The van der Waals surface area contributed by atoms with Crippen molar-refractivity contribution in [2.24, 2.45) is 0 Å². The molecular weight excluding hydrogens is 214 g/mol. The van der Waals surface area contributed by atoms with Gasteiger partial charge in [-0.25, -0.2) is 4.79 Å². The molecule has 0 spiro atoms. The van der Waals surface area contributed by atoms with Gasteiger partial charge in [-0.2, -0.15) is 0 Å². The summed E-state index contributed by atoms with van der Waals surface area (Å²) in [7, 11) is 0. The van der Waals surface area contributed by atoms with E-state index in [4.69, 9.17) is 9.84 Å². The number of β-amino-alcohol motifs (C(OH)–C–C–N with tert-alkyl or cyclic N) is 2. The SMILES string of the molecule is O=C(O)C1CCC(CN2CC(O)C(O)C2)O1. The summed E-state index contributed by atoms with van der Waals surface area (Å²) in [5.41, 5.74) is 0. The first kappa shape index (κ1) is 11.8. The van der Waals surface area contributed by atoms with E-state index in [-0.39, 0.29) is 6.10 Å². The molecule has 2 aliphatic rings. The third kappa shape index (κ3) is 2.52. The van der Waals surface area contributed by atoms with Crippen molar-refractivity contribution in [2.75, 3.05) is 19.6 Å². The Labute approximate surface area is 93.4 Å². The molecule has 0 aliphatic carbocycles. The molecule has 6 heteroatoms. The fourth-order valence-corrected chi connectivity index (χ4v) is 2.31. The van der Waals surface area contributed by atoms with Crippen molar-refractivity contribution in [3.63, 3.8) is 0 Å². The highest BCUT2D eigenvalue weighted by atomic mass is 16.5. The Hall–Kier alpha value is -0.690. The van der Waals surface area contributed by atoms with E-state index in [0.717, 1.165) is 6.42 Å². The molecule has 92 valence electrons. The molecule has 0 aromatic heterocycles. The van der Waals surface area contributed by atoms with Crippen LogP contribution < -0.4 is 0 Å². The van der Waals surface area contributed by atoms with Crippen molar-refractivity contribution < 1.29 is 24.9 Å². The number of carboxylic acid groups (broad SMARTS) is 1. The molecule has 0 aromatic carbocycles. The highest BCUT2D eigenvalue weighted by Crippen LogP contribution is 2.22. The molecule has 16 heavy (non-hydrogen) atoms. The maximum Gasteiger partial charge on any atom is 0.332 e. The minimum Gasteiger partial charge on any atom is -0.479 e. The molecular formula is C10H17NO5. The molecule has 4 atom stereocenters. The third-order valence-electron chi connectivity index (χ3n) is 3.18. The summed E-state index contributed by atoms with van der Waals surface area (Å²) in [6.07, 6.45) is -0.923. The van der Waals surface area contributed by atoms with Crippen molar-refractivity contribution in [2.45, 2.75) is 37.3 Å². The number of likely N-dealkylation sites (tertiary alicyclic amines) is 1. The highest BCUT2D eigenvalue weighted by Gasteiger charge is 2.35. The van der Waals surface area contributed by atoms with Gasteiger partial charge < -0.3 is 20.1 Å². The van der Waals surface area contributed by atoms with Gasteiger partial charge in [0.05, 0.1) is 18.3 Å². The maximum atomic E-state index is 10.7. The first-order chi connectivity index (χ1) is 7.56. The first-order valence-corrected chi connectivity index (χ1v) is 5.53. The first-order valence-electron chi connectivity index (χ1n) is 5.53. The van der Waals surface area contributed by atoms with Gasteiger partial charge in [-0.1, -0.05) is 0 Å². The van der Waals surface area contributed by atoms with E-state index in [1.165, 1.54) is 0 Å². The van der Waals surface area contributed by atoms with E-state index >= 15 is 0 Å². The second kappa shape index (κ2) is 4.67. The normalized spacial score (nSPS) is 40.4. The summed E-state index contributed by atoms with van der Waals surface area (Å²) in [6.45, 7) is 1.44. The maximum absolute atomic E-state index is 10.7. The number of aliphatic carboxylic acids is 1. The lowest BCUT2D eigenvalue weighted by molar-refractivity contribution is -0.149. The van der Waals surface area contributed by atoms with Crippen LogP contribution in [-0.2, 0) is 9.53 Å². The Morgan fingerprint density at radius 3 is 2.38 bits per heavy atom. The zero-order valence-corrected chi connectivity index (χ0v) is 8.95. The molecule has 2 fully saturated rings. The fourth-order valence-electron chi connectivity index (χ4n) is 2.31. The average Bonchev–Trinajstić information content (AvgIpc) is 2.76. The van der Waals surface area contributed by atoms with E-state index in [9.17, 15) is 15.0 Å². The third-order valence-corrected chi connectivity index (χ3v) is 3.18. The molecule has 0 amide bonds. The molecule has 0 radical (unpaired) electrons. The van der Waals surface area contributed by atoms with Gasteiger partial charge in [0.1, 0.15) is 0 Å². The molecule has 0 aromatic rings. The summed E-state index contributed by atoms with van der Waals surface area (Å²) >= 11 is 0. The van der Waals surface area contributed by atoms with Gasteiger partial charge in [0.2, 0.25) is 0 Å². The van der Waals surface area contributed by atoms with Crippen LogP contribution in [0.5, 0.6) is 0 Å². The zero-order chi connectivity index (χ0) is 11.7. The van der Waals surface area contributed by atoms with Crippen LogP contribution in [0.3, 0.4) is 0 Å². The van der Waals surface area contributed by atoms with E-state index in [2.05, 4.69) is 0 Å². The Kier molecular flexibility index (Phi) is 3.44. The standard InChI is InChI=1S/C10H17NO5/c12-7-4-11(5-8(7)13)3-6-1-2-9(16-6)10(14)15/h6-9,12-13H,1-5H2,(H,14,15). The largest absolute Gasteiger partial charge is 0.479 e. The Balaban J connectivity index is 1.77. The number of carboxylic acids is 1. The van der Waals surface area contributed by atoms with Gasteiger partial charge >= 0.3 is 5.97 Å². The molecule has 2 rings (SSSR count). The number of carbonyl (C=O) groups is 1. The molecule has 3 N–H and O–H groups in total. The van der Waals surface area contributed by atoms with Crippen molar-refractivity contribution in [3.05, 3.63) is 0 Å². The Morgan fingerprint density at radius 2 is 1.88 bits per heavy atom. The highest BCUT2D eigenvalue weighted by molar-refractivity contribution is 5.72. The van der Waals surface area contributed by atoms with Crippen LogP contribution in [0.25, 0.3) is 0 Å². The van der Waals surface area contributed by atoms with Gasteiger partial charge in [0.25, 0.3) is 0 Å². The van der Waals surface area contributed by atoms with Crippen LogP contribution >= 0.6 is 0 Å². The van der Waals surface area contributed by atoms with E-state index in [0.29, 0.717) is 26.1 Å². The van der Waals surface area contributed by atoms with Gasteiger partial charge in [-0.15, -0.1) is 0 Å². The summed E-state index contributed by atoms with van der Waals surface area (Å²) in [4.78, 5) is 12.6. The van der Waals surface area contributed by atoms with Crippen molar-refractivity contribution in [1.82, 2.24) is 4.90 Å². The number of hydrogen-bond donors (Lipinski definition) is 3. The monoisotopic (exact) mass is 231 g/mol. The van der Waals surface area contributed by atoms with Crippen LogP contribution in [0.4, 0.5) is 0 Å². The van der Waals surface area contributed by atoms with E-state index in [1.54, 1.807) is 0 Å². The number of nitrogens with zero attached hydrogens (tertiary/aromatic N) is 1. The van der Waals surface area contributed by atoms with Crippen molar-refractivity contribution in [3.8, 4) is 0 Å². The van der Waals surface area contributed by atoms with Crippen molar-refractivity contribution >= 4 is 5.97 Å². The predicted molar refractivity (Wildman–Crippen MR) is 54.0 cm³/mol. The second-order valence-electron chi connectivity index (χ2n) is 4.52. The number of ether oxygens (including phenoxy) is 1. The number of rotatable bonds is 3. The minimum absolute atomic E-state index is 0.0985. The van der Waals surface area contributed by atoms with Crippen LogP contribution in [0.2, 0.25) is 0 Å². The molecule has 2 aliphatic heterocycles. The molecule has 0 saturated carbocycles. The Morgan fingerprint density at radius 1 is 1.25 bits per heavy atom.